The zero-order valence-electron chi connectivity index (χ0n) is 14.9. The Labute approximate surface area is 163 Å². The van der Waals surface area contributed by atoms with Crippen LogP contribution >= 0.6 is 11.6 Å². The highest BCUT2D eigenvalue weighted by Crippen LogP contribution is 2.36. The maximum atomic E-state index is 13.2. The molecule has 1 aromatic carbocycles. The van der Waals surface area contributed by atoms with Crippen molar-refractivity contribution in [1.29, 1.82) is 0 Å². The summed E-state index contributed by atoms with van der Waals surface area (Å²) in [7, 11) is -3.64. The fraction of sp³-hybridized carbons (Fsp3) is 0.389. The van der Waals surface area contributed by atoms with Gasteiger partial charge in [0.2, 0.25) is 9.84 Å². The zero-order chi connectivity index (χ0) is 19.5. The van der Waals surface area contributed by atoms with Gasteiger partial charge in [0, 0.05) is 22.9 Å². The normalized spacial score (nSPS) is 22.2. The Balaban J connectivity index is 1.95. The molecule has 27 heavy (non-hydrogen) atoms. The van der Waals surface area contributed by atoms with Gasteiger partial charge >= 0.3 is 0 Å². The highest BCUT2D eigenvalue weighted by atomic mass is 35.5. The zero-order valence-corrected chi connectivity index (χ0v) is 16.5. The van der Waals surface area contributed by atoms with E-state index >= 15 is 0 Å². The van der Waals surface area contributed by atoms with Crippen LogP contribution in [0.2, 0.25) is 5.02 Å². The van der Waals surface area contributed by atoms with Crippen LogP contribution < -0.4 is 5.43 Å². The second-order valence-electron chi connectivity index (χ2n) is 6.87. The molecule has 0 spiro atoms. The fourth-order valence-corrected chi connectivity index (χ4v) is 5.33. The number of nitrogens with one attached hydrogen (secondary N) is 1. The molecule has 3 rings (SSSR count). The number of hydrogen-bond acceptors (Lipinski definition) is 5. The van der Waals surface area contributed by atoms with Gasteiger partial charge in [-0.1, -0.05) is 46.6 Å². The maximum absolute atomic E-state index is 13.2. The Morgan fingerprint density at radius 2 is 2.11 bits per heavy atom. The van der Waals surface area contributed by atoms with Crippen LogP contribution in [0.15, 0.2) is 57.8 Å². The number of hydrazone groups is 1. The number of azide groups is 1. The Morgan fingerprint density at radius 3 is 2.74 bits per heavy atom. The quantitative estimate of drug-likeness (QED) is 0.455. The summed E-state index contributed by atoms with van der Waals surface area (Å²) < 4.78 is 25.3. The molecule has 2 aliphatic rings. The van der Waals surface area contributed by atoms with Crippen LogP contribution in [0.25, 0.3) is 10.4 Å². The topological polar surface area (TPSA) is 107 Å². The summed E-state index contributed by atoms with van der Waals surface area (Å²) in [4.78, 5) is 2.79. The SMILES string of the molecule is CC1(S(=O)(=O)C2=NNCC2)C=C(CN=[N+]=[N-])C=C(Cc2ccc(Cl)cc2)C1. The number of benzene rings is 1. The van der Waals surface area contributed by atoms with Crippen LogP contribution in [0.4, 0.5) is 0 Å². The first-order valence-electron chi connectivity index (χ1n) is 8.54. The molecular weight excluding hydrogens is 386 g/mol. The van der Waals surface area contributed by atoms with Gasteiger partial charge in [-0.3, -0.25) is 0 Å². The molecule has 9 heteroatoms. The molecule has 1 aliphatic heterocycles. The number of rotatable bonds is 5. The van der Waals surface area contributed by atoms with E-state index in [1.54, 1.807) is 13.0 Å². The second kappa shape index (κ2) is 7.76. The smallest absolute Gasteiger partial charge is 0.202 e. The van der Waals surface area contributed by atoms with Crippen LogP contribution in [-0.2, 0) is 16.3 Å². The van der Waals surface area contributed by atoms with E-state index in [0.29, 0.717) is 36.4 Å². The van der Waals surface area contributed by atoms with Gasteiger partial charge in [-0.05, 0) is 48.6 Å². The summed E-state index contributed by atoms with van der Waals surface area (Å²) in [6.07, 6.45) is 4.96. The molecule has 0 bridgehead atoms. The Hall–Kier alpha value is -2.28. The molecule has 1 unspecified atom stereocenters. The lowest BCUT2D eigenvalue weighted by Crippen LogP contribution is -2.40. The van der Waals surface area contributed by atoms with Crippen molar-refractivity contribution in [2.45, 2.75) is 30.9 Å². The van der Waals surface area contributed by atoms with E-state index in [1.807, 2.05) is 30.3 Å². The first-order chi connectivity index (χ1) is 12.8. The third-order valence-corrected chi connectivity index (χ3v) is 7.36. The molecule has 0 radical (unpaired) electrons. The van der Waals surface area contributed by atoms with Gasteiger partial charge in [-0.25, -0.2) is 8.42 Å². The third kappa shape index (κ3) is 4.18. The average molecular weight is 406 g/mol. The molecule has 0 fully saturated rings. The van der Waals surface area contributed by atoms with Crippen LogP contribution in [0.3, 0.4) is 0 Å². The lowest BCUT2D eigenvalue weighted by Gasteiger charge is -2.31. The summed E-state index contributed by atoms with van der Waals surface area (Å²) in [6, 6.07) is 7.47. The minimum absolute atomic E-state index is 0.108. The minimum Gasteiger partial charge on any atom is -0.309 e. The molecule has 1 atom stereocenters. The maximum Gasteiger partial charge on any atom is 0.202 e. The molecule has 1 aromatic rings. The molecule has 1 N–H and O–H groups in total. The molecular formula is C18H20ClN5O2S. The second-order valence-corrected chi connectivity index (χ2v) is 9.72. The largest absolute Gasteiger partial charge is 0.309 e. The third-order valence-electron chi connectivity index (χ3n) is 4.70. The molecule has 142 valence electrons. The monoisotopic (exact) mass is 405 g/mol. The van der Waals surface area contributed by atoms with Crippen molar-refractivity contribution in [3.05, 3.63) is 68.6 Å². The van der Waals surface area contributed by atoms with Gasteiger partial charge in [-0.2, -0.15) is 5.10 Å². The Kier molecular flexibility index (Phi) is 5.60. The molecule has 7 nitrogen and oxygen atoms in total. The van der Waals surface area contributed by atoms with Crippen molar-refractivity contribution >= 4 is 26.5 Å². The van der Waals surface area contributed by atoms with E-state index in [9.17, 15) is 8.42 Å². The number of nitrogens with zero attached hydrogens (tertiary/aromatic N) is 4. The Morgan fingerprint density at radius 1 is 1.37 bits per heavy atom. The van der Waals surface area contributed by atoms with Crippen LogP contribution in [0, 0.1) is 0 Å². The van der Waals surface area contributed by atoms with E-state index in [4.69, 9.17) is 17.1 Å². The van der Waals surface area contributed by atoms with E-state index in [0.717, 1.165) is 11.1 Å². The lowest BCUT2D eigenvalue weighted by molar-refractivity contribution is 0.568. The van der Waals surface area contributed by atoms with Gasteiger partial charge in [0.15, 0.2) is 5.04 Å². The standard InChI is InChI=1S/C18H20ClN5O2S/c1-18(27(25,26)17-6-7-21-23-17)10-14(9-15(11-18)12-22-24-20)8-13-2-4-16(19)5-3-13/h2-5,9,11,21H,6-8,10,12H2,1H3. The molecule has 1 aliphatic carbocycles. The predicted molar refractivity (Wildman–Crippen MR) is 107 cm³/mol. The lowest BCUT2D eigenvalue weighted by atomic mass is 9.87. The summed E-state index contributed by atoms with van der Waals surface area (Å²) in [5.41, 5.74) is 14.1. The van der Waals surface area contributed by atoms with Crippen LogP contribution in [0.5, 0.6) is 0 Å². The average Bonchev–Trinajstić information content (AvgIpc) is 3.17. The summed E-state index contributed by atoms with van der Waals surface area (Å²) in [5, 5.41) is 8.40. The number of sulfone groups is 1. The van der Waals surface area contributed by atoms with Crippen molar-refractivity contribution in [3.63, 3.8) is 0 Å². The first kappa shape index (κ1) is 19.5. The van der Waals surface area contributed by atoms with E-state index in [1.165, 1.54) is 0 Å². The Bertz CT molecular complexity index is 976. The minimum atomic E-state index is -3.64. The van der Waals surface area contributed by atoms with Crippen molar-refractivity contribution in [1.82, 2.24) is 5.43 Å². The molecule has 0 saturated carbocycles. The van der Waals surface area contributed by atoms with Gasteiger partial charge in [0.25, 0.3) is 0 Å². The highest BCUT2D eigenvalue weighted by molar-refractivity contribution is 8.07. The van der Waals surface area contributed by atoms with E-state index in [2.05, 4.69) is 20.6 Å². The highest BCUT2D eigenvalue weighted by Gasteiger charge is 2.43. The number of hydrogen-bond donors (Lipinski definition) is 1. The van der Waals surface area contributed by atoms with Crippen LogP contribution in [-0.4, -0.2) is 31.3 Å². The summed E-state index contributed by atoms with van der Waals surface area (Å²) in [5.74, 6) is 0. The van der Waals surface area contributed by atoms with Gasteiger partial charge in [0.05, 0.1) is 11.3 Å². The summed E-state index contributed by atoms with van der Waals surface area (Å²) in [6.45, 7) is 2.33. The van der Waals surface area contributed by atoms with Crippen LogP contribution in [0.1, 0.15) is 25.3 Å². The van der Waals surface area contributed by atoms with E-state index < -0.39 is 14.6 Å². The number of halogens is 1. The van der Waals surface area contributed by atoms with Gasteiger partial charge in [-0.15, -0.1) is 0 Å². The van der Waals surface area contributed by atoms with Gasteiger partial charge < -0.3 is 5.43 Å². The van der Waals surface area contributed by atoms with Crippen molar-refractivity contribution in [2.75, 3.05) is 13.1 Å². The fourth-order valence-electron chi connectivity index (χ4n) is 3.43. The van der Waals surface area contributed by atoms with Crippen molar-refractivity contribution in [2.24, 2.45) is 10.2 Å². The van der Waals surface area contributed by atoms with Gasteiger partial charge in [0.1, 0.15) is 0 Å². The van der Waals surface area contributed by atoms with Crippen molar-refractivity contribution in [3.8, 4) is 0 Å². The summed E-state index contributed by atoms with van der Waals surface area (Å²) >= 11 is 5.94. The van der Waals surface area contributed by atoms with Crippen molar-refractivity contribution < 1.29 is 8.42 Å². The first-order valence-corrected chi connectivity index (χ1v) is 10.4. The molecule has 0 amide bonds. The van der Waals surface area contributed by atoms with E-state index in [-0.39, 0.29) is 11.6 Å². The molecule has 0 aromatic heterocycles. The predicted octanol–water partition coefficient (Wildman–Crippen LogP) is 3.93. The molecule has 1 heterocycles. The number of allylic oxidation sites excluding steroid dienone is 1. The molecule has 0 saturated heterocycles.